The summed E-state index contributed by atoms with van der Waals surface area (Å²) < 4.78 is 6.46. The van der Waals surface area contributed by atoms with Gasteiger partial charge in [-0.2, -0.15) is 0 Å². The van der Waals surface area contributed by atoms with E-state index in [0.29, 0.717) is 5.92 Å². The van der Waals surface area contributed by atoms with Gasteiger partial charge in [0.15, 0.2) is 0 Å². The van der Waals surface area contributed by atoms with E-state index in [-0.39, 0.29) is 0 Å². The molecule has 1 saturated carbocycles. The Morgan fingerprint density at radius 1 is 1.20 bits per heavy atom. The maximum atomic E-state index is 5.60. The first kappa shape index (κ1) is 13.6. The number of benzene rings is 1. The summed E-state index contributed by atoms with van der Waals surface area (Å²) in [5, 5.41) is 0. The lowest BCUT2D eigenvalue weighted by atomic mass is 10.1. The molecule has 1 aromatic heterocycles. The third kappa shape index (κ3) is 3.18. The van der Waals surface area contributed by atoms with E-state index in [1.807, 2.05) is 18.2 Å². The first-order valence-corrected chi connectivity index (χ1v) is 7.83. The lowest BCUT2D eigenvalue weighted by molar-refractivity contribution is 0.317. The molecule has 0 aliphatic heterocycles. The zero-order valence-electron chi connectivity index (χ0n) is 11.5. The van der Waals surface area contributed by atoms with Crippen molar-refractivity contribution < 1.29 is 4.74 Å². The van der Waals surface area contributed by atoms with Crippen LogP contribution in [0.3, 0.4) is 0 Å². The number of halogens is 1. The highest BCUT2D eigenvalue weighted by Crippen LogP contribution is 2.39. The zero-order chi connectivity index (χ0) is 13.9. The molecule has 0 unspecified atom stereocenters. The van der Waals surface area contributed by atoms with Crippen LogP contribution in [0.5, 0.6) is 5.75 Å². The van der Waals surface area contributed by atoms with Crippen LogP contribution in [0.1, 0.15) is 37.9 Å². The van der Waals surface area contributed by atoms with Crippen LogP contribution in [0.15, 0.2) is 34.9 Å². The van der Waals surface area contributed by atoms with Crippen LogP contribution in [-0.4, -0.2) is 16.6 Å². The summed E-state index contributed by atoms with van der Waals surface area (Å²) in [5.41, 5.74) is 2.06. The lowest BCUT2D eigenvalue weighted by Gasteiger charge is -2.07. The molecule has 3 rings (SSSR count). The Bertz CT molecular complexity index is 594. The van der Waals surface area contributed by atoms with Crippen LogP contribution < -0.4 is 4.74 Å². The normalized spacial score (nSPS) is 14.3. The van der Waals surface area contributed by atoms with Gasteiger partial charge in [-0.15, -0.1) is 0 Å². The minimum Gasteiger partial charge on any atom is -0.494 e. The second kappa shape index (κ2) is 5.92. The fraction of sp³-hybridized carbons (Fsp3) is 0.375. The van der Waals surface area contributed by atoms with Gasteiger partial charge >= 0.3 is 0 Å². The van der Waals surface area contributed by atoms with Gasteiger partial charge in [0.2, 0.25) is 0 Å². The first-order valence-electron chi connectivity index (χ1n) is 7.04. The molecule has 0 N–H and O–H groups in total. The van der Waals surface area contributed by atoms with E-state index in [1.165, 1.54) is 12.8 Å². The fourth-order valence-electron chi connectivity index (χ4n) is 2.05. The minimum atomic E-state index is 0.554. The Kier molecular flexibility index (Phi) is 4.01. The Morgan fingerprint density at radius 3 is 2.60 bits per heavy atom. The Labute approximate surface area is 127 Å². The number of rotatable bonds is 5. The molecule has 1 aliphatic carbocycles. The van der Waals surface area contributed by atoms with E-state index in [1.54, 1.807) is 0 Å². The first-order chi connectivity index (χ1) is 9.76. The van der Waals surface area contributed by atoms with E-state index in [2.05, 4.69) is 45.0 Å². The van der Waals surface area contributed by atoms with Crippen LogP contribution in [-0.2, 0) is 0 Å². The van der Waals surface area contributed by atoms with Gasteiger partial charge in [-0.05, 0) is 65.5 Å². The Hall–Kier alpha value is -1.42. The van der Waals surface area contributed by atoms with Gasteiger partial charge in [0.25, 0.3) is 0 Å². The quantitative estimate of drug-likeness (QED) is 0.752. The number of ether oxygens (including phenoxy) is 1. The van der Waals surface area contributed by atoms with Crippen molar-refractivity contribution in [3.8, 4) is 17.0 Å². The highest BCUT2D eigenvalue weighted by molar-refractivity contribution is 9.10. The minimum absolute atomic E-state index is 0.554. The molecule has 0 saturated heterocycles. The van der Waals surface area contributed by atoms with Crippen molar-refractivity contribution in [3.05, 3.63) is 40.8 Å². The van der Waals surface area contributed by atoms with Crippen molar-refractivity contribution in [1.29, 1.82) is 0 Å². The summed E-state index contributed by atoms with van der Waals surface area (Å²) in [6.07, 6.45) is 3.44. The van der Waals surface area contributed by atoms with Crippen LogP contribution in [0.25, 0.3) is 11.3 Å². The van der Waals surface area contributed by atoms with Crippen LogP contribution in [0.4, 0.5) is 0 Å². The third-order valence-electron chi connectivity index (χ3n) is 3.28. The van der Waals surface area contributed by atoms with Crippen molar-refractivity contribution in [2.45, 2.75) is 32.1 Å². The van der Waals surface area contributed by atoms with Crippen LogP contribution in [0.2, 0.25) is 0 Å². The summed E-state index contributed by atoms with van der Waals surface area (Å²) in [4.78, 5) is 9.14. The van der Waals surface area contributed by atoms with Gasteiger partial charge in [0.05, 0.1) is 12.3 Å². The molecule has 0 amide bonds. The van der Waals surface area contributed by atoms with Gasteiger partial charge in [-0.25, -0.2) is 9.97 Å². The maximum absolute atomic E-state index is 5.60. The van der Waals surface area contributed by atoms with Crippen molar-refractivity contribution in [2.24, 2.45) is 0 Å². The summed E-state index contributed by atoms with van der Waals surface area (Å²) in [7, 11) is 0. The molecule has 0 radical (unpaired) electrons. The fourth-order valence-corrected chi connectivity index (χ4v) is 2.45. The zero-order valence-corrected chi connectivity index (χ0v) is 13.1. The van der Waals surface area contributed by atoms with Crippen molar-refractivity contribution in [2.75, 3.05) is 6.61 Å². The highest BCUT2D eigenvalue weighted by atomic mass is 79.9. The van der Waals surface area contributed by atoms with Crippen LogP contribution in [0, 0.1) is 0 Å². The maximum Gasteiger partial charge on any atom is 0.133 e. The average molecular weight is 333 g/mol. The summed E-state index contributed by atoms with van der Waals surface area (Å²) in [6, 6.07) is 10.1. The molecule has 1 aromatic carbocycles. The second-order valence-corrected chi connectivity index (χ2v) is 5.89. The molecule has 20 heavy (non-hydrogen) atoms. The number of hydrogen-bond acceptors (Lipinski definition) is 3. The topological polar surface area (TPSA) is 35.0 Å². The largest absolute Gasteiger partial charge is 0.494 e. The lowest BCUT2D eigenvalue weighted by Crippen LogP contribution is -1.96. The molecule has 0 spiro atoms. The molecular formula is C16H17BrN2O. The predicted octanol–water partition coefficient (Wildman–Crippen LogP) is 4.57. The number of hydrogen-bond donors (Lipinski definition) is 0. The van der Waals surface area contributed by atoms with Gasteiger partial charge in [-0.3, -0.25) is 0 Å². The molecule has 104 valence electrons. The SMILES string of the molecule is CCCOc1ccc(-c2cc(Br)nc(C3CC3)n2)cc1. The monoisotopic (exact) mass is 332 g/mol. The molecule has 1 aliphatic rings. The third-order valence-corrected chi connectivity index (χ3v) is 3.68. The van der Waals surface area contributed by atoms with Gasteiger partial charge in [0.1, 0.15) is 16.2 Å². The predicted molar refractivity (Wildman–Crippen MR) is 82.9 cm³/mol. The van der Waals surface area contributed by atoms with Gasteiger partial charge < -0.3 is 4.74 Å². The molecule has 4 heteroatoms. The molecule has 3 nitrogen and oxygen atoms in total. The van der Waals surface area contributed by atoms with E-state index < -0.39 is 0 Å². The Morgan fingerprint density at radius 2 is 1.95 bits per heavy atom. The smallest absolute Gasteiger partial charge is 0.133 e. The van der Waals surface area contributed by atoms with Crippen LogP contribution >= 0.6 is 15.9 Å². The summed E-state index contributed by atoms with van der Waals surface area (Å²) in [5.74, 6) is 2.42. The van der Waals surface area contributed by atoms with Gasteiger partial charge in [0, 0.05) is 11.5 Å². The molecule has 0 bridgehead atoms. The molecular weight excluding hydrogens is 316 g/mol. The van der Waals surface area contributed by atoms with Crippen molar-refractivity contribution in [3.63, 3.8) is 0 Å². The van der Waals surface area contributed by atoms with Crippen molar-refractivity contribution >= 4 is 15.9 Å². The molecule has 1 fully saturated rings. The summed E-state index contributed by atoms with van der Waals surface area (Å²) in [6.45, 7) is 2.86. The number of aromatic nitrogens is 2. The van der Waals surface area contributed by atoms with E-state index in [0.717, 1.165) is 40.5 Å². The molecule has 0 atom stereocenters. The van der Waals surface area contributed by atoms with Gasteiger partial charge in [-0.1, -0.05) is 6.92 Å². The average Bonchev–Trinajstić information content (AvgIpc) is 3.29. The highest BCUT2D eigenvalue weighted by Gasteiger charge is 2.27. The standard InChI is InChI=1S/C16H17BrN2O/c1-2-9-20-13-7-5-11(6-8-13)14-10-15(17)19-16(18-14)12-3-4-12/h5-8,10,12H,2-4,9H2,1H3. The molecule has 2 aromatic rings. The van der Waals surface area contributed by atoms with E-state index in [9.17, 15) is 0 Å². The van der Waals surface area contributed by atoms with Crippen molar-refractivity contribution in [1.82, 2.24) is 9.97 Å². The summed E-state index contributed by atoms with van der Waals surface area (Å²) >= 11 is 3.48. The van der Waals surface area contributed by atoms with E-state index >= 15 is 0 Å². The molecule has 1 heterocycles. The Balaban J connectivity index is 1.84. The second-order valence-electron chi connectivity index (χ2n) is 5.08. The van der Waals surface area contributed by atoms with E-state index in [4.69, 9.17) is 4.74 Å². The number of nitrogens with zero attached hydrogens (tertiary/aromatic N) is 2.